The van der Waals surface area contributed by atoms with Crippen molar-refractivity contribution in [1.82, 2.24) is 9.38 Å². The van der Waals surface area contributed by atoms with Crippen LogP contribution >= 0.6 is 0 Å². The van der Waals surface area contributed by atoms with E-state index in [0.717, 1.165) is 23.3 Å². The molecule has 0 radical (unpaired) electrons. The summed E-state index contributed by atoms with van der Waals surface area (Å²) >= 11 is 0. The number of aromatic nitrogens is 2. The third-order valence-corrected chi connectivity index (χ3v) is 2.48. The first-order valence-electron chi connectivity index (χ1n) is 4.99. The Labute approximate surface area is 88.7 Å². The van der Waals surface area contributed by atoms with Crippen LogP contribution in [0.5, 0.6) is 0 Å². The van der Waals surface area contributed by atoms with E-state index in [-0.39, 0.29) is 0 Å². The minimum absolute atomic E-state index is 0.541. The normalized spacial score (nSPS) is 11.1. The van der Waals surface area contributed by atoms with Crippen LogP contribution in [-0.2, 0) is 17.7 Å². The van der Waals surface area contributed by atoms with Gasteiger partial charge < -0.3 is 14.9 Å². The summed E-state index contributed by atoms with van der Waals surface area (Å²) in [4.78, 5) is 4.37. The number of methoxy groups -OCH3 is 1. The Morgan fingerprint density at radius 2 is 2.40 bits per heavy atom. The topological polar surface area (TPSA) is 52.5 Å². The lowest BCUT2D eigenvalue weighted by atomic mass is 10.2. The fourth-order valence-corrected chi connectivity index (χ4v) is 1.68. The summed E-state index contributed by atoms with van der Waals surface area (Å²) < 4.78 is 7.11. The predicted molar refractivity (Wildman–Crippen MR) is 58.7 cm³/mol. The van der Waals surface area contributed by atoms with Crippen LogP contribution in [0.4, 0.5) is 0 Å². The van der Waals surface area contributed by atoms with Crippen molar-refractivity contribution in [3.63, 3.8) is 0 Å². The van der Waals surface area contributed by atoms with Crippen LogP contribution in [0.15, 0.2) is 24.5 Å². The van der Waals surface area contributed by atoms with Gasteiger partial charge in [-0.1, -0.05) is 6.07 Å². The third-order valence-electron chi connectivity index (χ3n) is 2.48. The Morgan fingerprint density at radius 3 is 3.13 bits per heavy atom. The van der Waals surface area contributed by atoms with Crippen LogP contribution in [-0.4, -0.2) is 23.1 Å². The summed E-state index contributed by atoms with van der Waals surface area (Å²) in [5.41, 5.74) is 7.87. The van der Waals surface area contributed by atoms with Gasteiger partial charge in [0, 0.05) is 26.3 Å². The van der Waals surface area contributed by atoms with Crippen LogP contribution in [0.2, 0.25) is 0 Å². The summed E-state index contributed by atoms with van der Waals surface area (Å²) in [6.45, 7) is 1.23. The van der Waals surface area contributed by atoms with Gasteiger partial charge in [0.15, 0.2) is 0 Å². The largest absolute Gasteiger partial charge is 0.384 e. The monoisotopic (exact) mass is 205 g/mol. The number of imidazole rings is 1. The maximum absolute atomic E-state index is 5.66. The average Bonchev–Trinajstić information content (AvgIpc) is 2.69. The molecule has 0 saturated heterocycles. The van der Waals surface area contributed by atoms with Crippen LogP contribution in [0.25, 0.3) is 5.52 Å². The van der Waals surface area contributed by atoms with E-state index in [1.807, 2.05) is 24.5 Å². The molecule has 2 heterocycles. The molecule has 0 amide bonds. The lowest BCUT2D eigenvalue weighted by molar-refractivity contribution is 0.200. The predicted octanol–water partition coefficient (Wildman–Crippen LogP) is 0.982. The Morgan fingerprint density at radius 1 is 1.53 bits per heavy atom. The molecule has 0 bridgehead atoms. The molecule has 0 aromatic carbocycles. The smallest absolute Gasteiger partial charge is 0.115 e. The number of nitrogens with zero attached hydrogens (tertiary/aromatic N) is 2. The highest BCUT2D eigenvalue weighted by Crippen LogP contribution is 2.12. The van der Waals surface area contributed by atoms with Gasteiger partial charge in [-0.2, -0.15) is 0 Å². The SMILES string of the molecule is COCCc1ncc2c(CN)cccn12. The second-order valence-electron chi connectivity index (χ2n) is 3.41. The van der Waals surface area contributed by atoms with E-state index in [1.54, 1.807) is 7.11 Å². The molecule has 80 valence electrons. The second-order valence-corrected chi connectivity index (χ2v) is 3.41. The van der Waals surface area contributed by atoms with Crippen molar-refractivity contribution in [3.05, 3.63) is 35.9 Å². The Kier molecular flexibility index (Phi) is 2.99. The maximum Gasteiger partial charge on any atom is 0.115 e. The molecule has 2 aromatic rings. The van der Waals surface area contributed by atoms with Gasteiger partial charge in [-0.15, -0.1) is 0 Å². The maximum atomic E-state index is 5.66. The van der Waals surface area contributed by atoms with Gasteiger partial charge in [0.1, 0.15) is 5.82 Å². The first kappa shape index (κ1) is 10.1. The van der Waals surface area contributed by atoms with E-state index < -0.39 is 0 Å². The Balaban J connectivity index is 2.42. The van der Waals surface area contributed by atoms with E-state index in [0.29, 0.717) is 13.2 Å². The summed E-state index contributed by atoms with van der Waals surface area (Å²) in [6.07, 6.45) is 4.69. The number of nitrogens with two attached hydrogens (primary N) is 1. The van der Waals surface area contributed by atoms with Gasteiger partial charge in [0.2, 0.25) is 0 Å². The van der Waals surface area contributed by atoms with Crippen molar-refractivity contribution in [2.45, 2.75) is 13.0 Å². The minimum Gasteiger partial charge on any atom is -0.384 e. The molecular formula is C11H15N3O. The fourth-order valence-electron chi connectivity index (χ4n) is 1.68. The zero-order valence-corrected chi connectivity index (χ0v) is 8.81. The average molecular weight is 205 g/mol. The molecule has 2 N–H and O–H groups in total. The number of rotatable bonds is 4. The zero-order valence-electron chi connectivity index (χ0n) is 8.81. The molecular weight excluding hydrogens is 190 g/mol. The number of hydrogen-bond acceptors (Lipinski definition) is 3. The Bertz CT molecular complexity index is 450. The molecule has 0 aliphatic carbocycles. The highest BCUT2D eigenvalue weighted by atomic mass is 16.5. The van der Waals surface area contributed by atoms with Gasteiger partial charge in [0.25, 0.3) is 0 Å². The third kappa shape index (κ3) is 1.86. The van der Waals surface area contributed by atoms with E-state index >= 15 is 0 Å². The van der Waals surface area contributed by atoms with Crippen molar-refractivity contribution < 1.29 is 4.74 Å². The molecule has 0 saturated carbocycles. The molecule has 0 aliphatic rings. The van der Waals surface area contributed by atoms with Crippen molar-refractivity contribution >= 4 is 5.52 Å². The summed E-state index contributed by atoms with van der Waals surface area (Å²) in [5, 5.41) is 0. The lowest BCUT2D eigenvalue weighted by Gasteiger charge is -2.03. The van der Waals surface area contributed by atoms with Gasteiger partial charge in [-0.3, -0.25) is 0 Å². The quantitative estimate of drug-likeness (QED) is 0.809. The number of ether oxygens (including phenoxy) is 1. The van der Waals surface area contributed by atoms with Crippen molar-refractivity contribution in [2.75, 3.05) is 13.7 Å². The Hall–Kier alpha value is -1.39. The van der Waals surface area contributed by atoms with E-state index in [4.69, 9.17) is 10.5 Å². The molecule has 2 rings (SSSR count). The van der Waals surface area contributed by atoms with Crippen molar-refractivity contribution in [3.8, 4) is 0 Å². The van der Waals surface area contributed by atoms with Gasteiger partial charge in [-0.25, -0.2) is 4.98 Å². The minimum atomic E-state index is 0.541. The molecule has 0 unspecified atom stereocenters. The number of pyridine rings is 1. The molecule has 0 aliphatic heterocycles. The highest BCUT2D eigenvalue weighted by molar-refractivity contribution is 5.54. The van der Waals surface area contributed by atoms with Crippen LogP contribution in [0, 0.1) is 0 Å². The molecule has 15 heavy (non-hydrogen) atoms. The summed E-state index contributed by atoms with van der Waals surface area (Å²) in [7, 11) is 1.70. The van der Waals surface area contributed by atoms with Crippen LogP contribution in [0.1, 0.15) is 11.4 Å². The van der Waals surface area contributed by atoms with E-state index in [9.17, 15) is 0 Å². The first-order valence-corrected chi connectivity index (χ1v) is 4.99. The van der Waals surface area contributed by atoms with E-state index in [1.165, 1.54) is 0 Å². The van der Waals surface area contributed by atoms with E-state index in [2.05, 4.69) is 9.38 Å². The molecule has 0 spiro atoms. The van der Waals surface area contributed by atoms with Crippen LogP contribution < -0.4 is 5.73 Å². The van der Waals surface area contributed by atoms with Crippen LogP contribution in [0.3, 0.4) is 0 Å². The highest BCUT2D eigenvalue weighted by Gasteiger charge is 2.05. The fraction of sp³-hybridized carbons (Fsp3) is 0.364. The second kappa shape index (κ2) is 4.42. The lowest BCUT2D eigenvalue weighted by Crippen LogP contribution is -2.02. The zero-order chi connectivity index (χ0) is 10.7. The van der Waals surface area contributed by atoms with Crippen molar-refractivity contribution in [2.24, 2.45) is 5.73 Å². The molecule has 4 nitrogen and oxygen atoms in total. The molecule has 0 atom stereocenters. The van der Waals surface area contributed by atoms with Gasteiger partial charge in [0.05, 0.1) is 18.3 Å². The van der Waals surface area contributed by atoms with Crippen molar-refractivity contribution in [1.29, 1.82) is 0 Å². The summed E-state index contributed by atoms with van der Waals surface area (Å²) in [5.74, 6) is 1.02. The molecule has 0 fully saturated rings. The van der Waals surface area contributed by atoms with Gasteiger partial charge in [-0.05, 0) is 11.6 Å². The summed E-state index contributed by atoms with van der Waals surface area (Å²) in [6, 6.07) is 4.02. The molecule has 2 aromatic heterocycles. The molecule has 4 heteroatoms. The first-order chi connectivity index (χ1) is 7.36. The number of hydrogen-bond donors (Lipinski definition) is 1. The number of fused-ring (bicyclic) bond motifs is 1. The standard InChI is InChI=1S/C11H15N3O/c1-15-6-4-11-13-8-10-9(7-12)3-2-5-14(10)11/h2-3,5,8H,4,6-7,12H2,1H3. The van der Waals surface area contributed by atoms with Gasteiger partial charge >= 0.3 is 0 Å².